The third kappa shape index (κ3) is 2.89. The highest BCUT2D eigenvalue weighted by molar-refractivity contribution is 6.47. The third-order valence-electron chi connectivity index (χ3n) is 2.44. The minimum atomic E-state index is -0.256. The molecule has 1 aliphatic heterocycles. The minimum absolute atomic E-state index is 0.0295. The van der Waals surface area contributed by atoms with E-state index in [0.29, 0.717) is 0 Å². The number of hydrogen-bond donors (Lipinski definition) is 1. The average Bonchev–Trinajstić information content (AvgIpc) is 2.78. The molecule has 0 aromatic heterocycles. The molecule has 1 unspecified atom stereocenters. The Morgan fingerprint density at radius 3 is 3.00 bits per heavy atom. The Morgan fingerprint density at radius 1 is 1.69 bits per heavy atom. The average molecular weight is 219 g/mol. The van der Waals surface area contributed by atoms with E-state index < -0.39 is 0 Å². The first kappa shape index (κ1) is 12.4. The molecule has 1 N–H and O–H groups in total. The summed E-state index contributed by atoms with van der Waals surface area (Å²) in [7, 11) is 3.35. The second-order valence-corrected chi connectivity index (χ2v) is 3.45. The van der Waals surface area contributed by atoms with Crippen LogP contribution in [0.4, 0.5) is 0 Å². The number of likely N-dealkylation sites (N-methyl/N-ethyl adjacent to an activating group) is 1. The van der Waals surface area contributed by atoms with E-state index in [4.69, 9.17) is 0 Å². The van der Waals surface area contributed by atoms with Crippen LogP contribution in [0.5, 0.6) is 0 Å². The fraction of sp³-hybridized carbons (Fsp3) is 0.417. The fourth-order valence-electron chi connectivity index (χ4n) is 1.60. The van der Waals surface area contributed by atoms with Crippen LogP contribution in [0.2, 0.25) is 0 Å². The maximum Gasteiger partial charge on any atom is 0.244 e. The van der Waals surface area contributed by atoms with Gasteiger partial charge in [0.25, 0.3) is 0 Å². The van der Waals surface area contributed by atoms with Crippen LogP contribution in [0, 0.1) is 0 Å². The van der Waals surface area contributed by atoms with Gasteiger partial charge in [-0.05, 0) is 18.9 Å². The van der Waals surface area contributed by atoms with Crippen LogP contribution < -0.4 is 5.32 Å². The molecular weight excluding hydrogens is 202 g/mol. The lowest BCUT2D eigenvalue weighted by Gasteiger charge is -2.02. The zero-order valence-electron chi connectivity index (χ0n) is 9.73. The summed E-state index contributed by atoms with van der Waals surface area (Å²) in [6.07, 6.45) is 6.93. The smallest absolute Gasteiger partial charge is 0.244 e. The fourth-order valence-corrected chi connectivity index (χ4v) is 1.60. The van der Waals surface area contributed by atoms with Crippen molar-refractivity contribution in [2.45, 2.75) is 18.9 Å². The van der Waals surface area contributed by atoms with Crippen molar-refractivity contribution in [2.24, 2.45) is 9.98 Å². The number of amides is 1. The van der Waals surface area contributed by atoms with Gasteiger partial charge >= 0.3 is 0 Å². The topological polar surface area (TPSA) is 53.8 Å². The van der Waals surface area contributed by atoms with Gasteiger partial charge in [0, 0.05) is 14.1 Å². The van der Waals surface area contributed by atoms with Gasteiger partial charge in [-0.25, -0.2) is 0 Å². The number of allylic oxidation sites excluding steroid dienone is 3. The van der Waals surface area contributed by atoms with Crippen LogP contribution in [0.3, 0.4) is 0 Å². The number of nitrogens with one attached hydrogen (secondary N) is 1. The molecule has 1 rings (SSSR count). The van der Waals surface area contributed by atoms with Gasteiger partial charge < -0.3 is 5.32 Å². The minimum Gasteiger partial charge on any atom is -0.357 e. The van der Waals surface area contributed by atoms with E-state index in [1.54, 1.807) is 20.2 Å². The van der Waals surface area contributed by atoms with Crippen LogP contribution in [0.1, 0.15) is 12.8 Å². The lowest BCUT2D eigenvalue weighted by molar-refractivity contribution is -0.121. The quantitative estimate of drug-likeness (QED) is 0.559. The molecule has 0 radical (unpaired) electrons. The predicted molar refractivity (Wildman–Crippen MR) is 67.2 cm³/mol. The highest BCUT2D eigenvalue weighted by Crippen LogP contribution is 2.14. The van der Waals surface area contributed by atoms with Crippen LogP contribution in [0.15, 0.2) is 34.8 Å². The van der Waals surface area contributed by atoms with Crippen molar-refractivity contribution < 1.29 is 4.79 Å². The summed E-state index contributed by atoms with van der Waals surface area (Å²) in [5.41, 5.74) is 1.72. The van der Waals surface area contributed by atoms with E-state index in [9.17, 15) is 4.79 Å². The van der Waals surface area contributed by atoms with Crippen molar-refractivity contribution in [1.29, 1.82) is 0 Å². The van der Waals surface area contributed by atoms with Gasteiger partial charge in [-0.3, -0.25) is 14.8 Å². The summed E-state index contributed by atoms with van der Waals surface area (Å²) < 4.78 is 0. The van der Waals surface area contributed by atoms with Crippen molar-refractivity contribution in [1.82, 2.24) is 5.32 Å². The van der Waals surface area contributed by atoms with Gasteiger partial charge in [-0.1, -0.05) is 18.7 Å². The van der Waals surface area contributed by atoms with E-state index in [-0.39, 0.29) is 11.9 Å². The van der Waals surface area contributed by atoms with E-state index >= 15 is 0 Å². The van der Waals surface area contributed by atoms with Crippen LogP contribution in [0.25, 0.3) is 0 Å². The highest BCUT2D eigenvalue weighted by atomic mass is 16.2. The second-order valence-electron chi connectivity index (χ2n) is 3.45. The van der Waals surface area contributed by atoms with Crippen molar-refractivity contribution in [3.8, 4) is 0 Å². The standard InChI is InChI=1S/C12H17N3O/c1-4-5-6-9(13-2)10-7-8-11(15-10)12(16)14-3/h4-6,11H,1,7-8H2,2-3H3,(H,14,16)/b6-5-,13-9?. The van der Waals surface area contributed by atoms with Gasteiger partial charge in [-0.2, -0.15) is 0 Å². The number of nitrogens with zero attached hydrogens (tertiary/aromatic N) is 2. The van der Waals surface area contributed by atoms with Gasteiger partial charge in [0.05, 0.1) is 11.4 Å². The molecule has 1 aliphatic rings. The molecule has 4 nitrogen and oxygen atoms in total. The molecular formula is C12H17N3O. The largest absolute Gasteiger partial charge is 0.357 e. The van der Waals surface area contributed by atoms with E-state index in [0.717, 1.165) is 24.3 Å². The first-order valence-corrected chi connectivity index (χ1v) is 5.27. The molecule has 0 aliphatic carbocycles. The van der Waals surface area contributed by atoms with Crippen LogP contribution in [-0.2, 0) is 4.79 Å². The summed E-state index contributed by atoms with van der Waals surface area (Å²) in [6, 6.07) is -0.256. The molecule has 1 heterocycles. The number of rotatable bonds is 4. The molecule has 1 atom stereocenters. The van der Waals surface area contributed by atoms with Crippen LogP contribution in [-0.4, -0.2) is 37.5 Å². The van der Waals surface area contributed by atoms with Crippen LogP contribution >= 0.6 is 0 Å². The summed E-state index contributed by atoms with van der Waals surface area (Å²) in [6.45, 7) is 3.60. The van der Waals surface area contributed by atoms with Crippen molar-refractivity contribution in [3.63, 3.8) is 0 Å². The number of carbonyl (C=O) groups is 1. The Bertz CT molecular complexity index is 366. The lowest BCUT2D eigenvalue weighted by Crippen LogP contribution is -2.28. The predicted octanol–water partition coefficient (Wildman–Crippen LogP) is 1.15. The summed E-state index contributed by atoms with van der Waals surface area (Å²) in [5, 5.41) is 2.61. The molecule has 0 fully saturated rings. The Labute approximate surface area is 95.9 Å². The van der Waals surface area contributed by atoms with Gasteiger partial charge in [0.1, 0.15) is 6.04 Å². The number of aliphatic imine (C=N–C) groups is 2. The Kier molecular flexibility index (Phi) is 4.64. The molecule has 0 aromatic rings. The molecule has 16 heavy (non-hydrogen) atoms. The molecule has 0 spiro atoms. The van der Waals surface area contributed by atoms with Gasteiger partial charge in [-0.15, -0.1) is 0 Å². The molecule has 1 amide bonds. The Morgan fingerprint density at radius 2 is 2.44 bits per heavy atom. The van der Waals surface area contributed by atoms with Gasteiger partial charge in [0.15, 0.2) is 0 Å². The first-order valence-electron chi connectivity index (χ1n) is 5.27. The number of carbonyl (C=O) groups excluding carboxylic acids is 1. The molecule has 0 bridgehead atoms. The van der Waals surface area contributed by atoms with Crippen molar-refractivity contribution in [2.75, 3.05) is 14.1 Å². The Hall–Kier alpha value is -1.71. The monoisotopic (exact) mass is 219 g/mol. The first-order chi connectivity index (χ1) is 7.72. The normalized spacial score (nSPS) is 21.0. The molecule has 0 aromatic carbocycles. The van der Waals surface area contributed by atoms with Crippen molar-refractivity contribution >= 4 is 17.3 Å². The summed E-state index contributed by atoms with van der Waals surface area (Å²) in [5.74, 6) is -0.0295. The summed E-state index contributed by atoms with van der Waals surface area (Å²) in [4.78, 5) is 19.9. The SMILES string of the molecule is C=C/C=C\C(=NC)C1=NC(C(=O)NC)CC1. The maximum absolute atomic E-state index is 11.4. The van der Waals surface area contributed by atoms with Gasteiger partial charge in [0.2, 0.25) is 5.91 Å². The van der Waals surface area contributed by atoms with Crippen molar-refractivity contribution in [3.05, 3.63) is 24.8 Å². The lowest BCUT2D eigenvalue weighted by atomic mass is 10.1. The Balaban J connectivity index is 2.78. The third-order valence-corrected chi connectivity index (χ3v) is 2.44. The molecule has 4 heteroatoms. The molecule has 0 saturated heterocycles. The zero-order chi connectivity index (χ0) is 12.0. The zero-order valence-corrected chi connectivity index (χ0v) is 9.73. The maximum atomic E-state index is 11.4. The van der Waals surface area contributed by atoms with E-state index in [2.05, 4.69) is 21.9 Å². The van der Waals surface area contributed by atoms with E-state index in [1.807, 2.05) is 12.2 Å². The second kappa shape index (κ2) is 6.00. The van der Waals surface area contributed by atoms with E-state index in [1.165, 1.54) is 0 Å². The molecule has 86 valence electrons. The number of hydrogen-bond acceptors (Lipinski definition) is 3. The molecule has 0 saturated carbocycles. The highest BCUT2D eigenvalue weighted by Gasteiger charge is 2.24. The summed E-state index contributed by atoms with van der Waals surface area (Å²) >= 11 is 0.